The Bertz CT molecular complexity index is 835. The second-order valence-electron chi connectivity index (χ2n) is 8.97. The summed E-state index contributed by atoms with van der Waals surface area (Å²) in [5.74, 6) is 0.625. The molecule has 1 heterocycles. The van der Waals surface area contributed by atoms with Gasteiger partial charge in [-0.15, -0.1) is 0 Å². The van der Waals surface area contributed by atoms with E-state index in [2.05, 4.69) is 14.8 Å². The Balaban J connectivity index is 1.80. The second-order valence-corrected chi connectivity index (χ2v) is 8.97. The van der Waals surface area contributed by atoms with Gasteiger partial charge in [-0.25, -0.2) is 4.79 Å². The fourth-order valence-electron chi connectivity index (χ4n) is 3.58. The van der Waals surface area contributed by atoms with Crippen molar-refractivity contribution >= 4 is 6.09 Å². The third-order valence-corrected chi connectivity index (χ3v) is 5.22. The largest absolute Gasteiger partial charge is 0.489 e. The predicted molar refractivity (Wildman–Crippen MR) is 109 cm³/mol. The van der Waals surface area contributed by atoms with Crippen LogP contribution in [0.5, 0.6) is 11.5 Å². The first kappa shape index (κ1) is 22.9. The highest BCUT2D eigenvalue weighted by Gasteiger charge is 2.38. The van der Waals surface area contributed by atoms with E-state index in [0.717, 1.165) is 18.4 Å². The average molecular weight is 438 g/mol. The lowest BCUT2D eigenvalue weighted by Crippen LogP contribution is -2.41. The molecule has 0 spiro atoms. The van der Waals surface area contributed by atoms with Crippen molar-refractivity contribution in [2.75, 3.05) is 19.7 Å². The fraction of sp³-hybridized carbons (Fsp3) is 0.667. The van der Waals surface area contributed by atoms with E-state index in [1.807, 2.05) is 0 Å². The number of nitrogens with zero attached hydrogens (tertiary/aromatic N) is 4. The molecule has 2 atom stereocenters. The lowest BCUT2D eigenvalue weighted by molar-refractivity contribution is -0.0515. The number of benzene rings is 1. The van der Waals surface area contributed by atoms with E-state index in [1.54, 1.807) is 37.8 Å². The summed E-state index contributed by atoms with van der Waals surface area (Å²) < 4.78 is 41.4. The molecule has 1 aliphatic heterocycles. The molecular formula is C21H28F2N4O4. The molecule has 1 amide bonds. The van der Waals surface area contributed by atoms with Crippen molar-refractivity contribution in [2.45, 2.75) is 64.2 Å². The summed E-state index contributed by atoms with van der Waals surface area (Å²) in [6.45, 7) is 3.35. The number of ether oxygens (including phenoxy) is 3. The molecule has 1 saturated carbocycles. The van der Waals surface area contributed by atoms with Crippen LogP contribution in [0.15, 0.2) is 23.3 Å². The number of azide groups is 1. The zero-order valence-electron chi connectivity index (χ0n) is 18.0. The molecule has 0 N–H and O–H groups in total. The molecule has 10 heteroatoms. The SMILES string of the molecule is CC(C)(C)OC(=O)N1C[C@@H](c2ccc(OC(F)F)c(OCC3CC3)c2)C[C@@H]1CN=[N+]=[N-]. The van der Waals surface area contributed by atoms with Crippen molar-refractivity contribution in [1.29, 1.82) is 0 Å². The minimum Gasteiger partial charge on any atom is -0.489 e. The van der Waals surface area contributed by atoms with E-state index in [4.69, 9.17) is 15.0 Å². The Labute approximate surface area is 180 Å². The van der Waals surface area contributed by atoms with Crippen molar-refractivity contribution in [1.82, 2.24) is 4.90 Å². The van der Waals surface area contributed by atoms with Gasteiger partial charge in [0.15, 0.2) is 11.5 Å². The van der Waals surface area contributed by atoms with E-state index >= 15 is 0 Å². The molecule has 2 fully saturated rings. The van der Waals surface area contributed by atoms with Gasteiger partial charge in [0.2, 0.25) is 0 Å². The van der Waals surface area contributed by atoms with Gasteiger partial charge in [0.05, 0.1) is 6.61 Å². The summed E-state index contributed by atoms with van der Waals surface area (Å²) >= 11 is 0. The van der Waals surface area contributed by atoms with Crippen molar-refractivity contribution in [2.24, 2.45) is 11.0 Å². The molecule has 0 unspecified atom stereocenters. The Hall–Kier alpha value is -2.74. The number of rotatable bonds is 8. The summed E-state index contributed by atoms with van der Waals surface area (Å²) in [6, 6.07) is 4.56. The van der Waals surface area contributed by atoms with Gasteiger partial charge in [0, 0.05) is 30.0 Å². The van der Waals surface area contributed by atoms with Crippen LogP contribution in [0.1, 0.15) is 51.5 Å². The normalized spacial score (nSPS) is 21.0. The molecule has 0 aromatic heterocycles. The zero-order valence-corrected chi connectivity index (χ0v) is 18.0. The number of carbonyl (C=O) groups excluding carboxylic acids is 1. The molecule has 0 radical (unpaired) electrons. The van der Waals surface area contributed by atoms with Crippen molar-refractivity contribution < 1.29 is 27.8 Å². The van der Waals surface area contributed by atoms with Crippen molar-refractivity contribution in [3.63, 3.8) is 0 Å². The quantitative estimate of drug-likeness (QED) is 0.305. The van der Waals surface area contributed by atoms with Gasteiger partial charge in [-0.05, 0) is 69.2 Å². The smallest absolute Gasteiger partial charge is 0.410 e. The number of hydrogen-bond donors (Lipinski definition) is 0. The number of hydrogen-bond acceptors (Lipinski definition) is 5. The molecule has 1 aromatic carbocycles. The molecule has 3 rings (SSSR count). The number of likely N-dealkylation sites (tertiary alicyclic amines) is 1. The second kappa shape index (κ2) is 9.60. The fourth-order valence-corrected chi connectivity index (χ4v) is 3.58. The predicted octanol–water partition coefficient (Wildman–Crippen LogP) is 5.48. The summed E-state index contributed by atoms with van der Waals surface area (Å²) in [4.78, 5) is 17.1. The number of alkyl halides is 2. The minimum absolute atomic E-state index is 0.00738. The highest BCUT2D eigenvalue weighted by Crippen LogP contribution is 2.39. The summed E-state index contributed by atoms with van der Waals surface area (Å²) in [7, 11) is 0. The van der Waals surface area contributed by atoms with Crippen LogP contribution in [-0.4, -0.2) is 48.9 Å². The van der Waals surface area contributed by atoms with Crippen LogP contribution in [-0.2, 0) is 4.74 Å². The van der Waals surface area contributed by atoms with Gasteiger partial charge in [-0.1, -0.05) is 11.2 Å². The van der Waals surface area contributed by atoms with Gasteiger partial charge in [0.25, 0.3) is 0 Å². The Kier molecular flexibility index (Phi) is 7.10. The monoisotopic (exact) mass is 438 g/mol. The van der Waals surface area contributed by atoms with Crippen LogP contribution in [0.4, 0.5) is 13.6 Å². The first-order chi connectivity index (χ1) is 14.7. The molecule has 1 saturated heterocycles. The van der Waals surface area contributed by atoms with E-state index < -0.39 is 18.3 Å². The van der Waals surface area contributed by atoms with Crippen LogP contribution >= 0.6 is 0 Å². The topological polar surface area (TPSA) is 96.8 Å². The lowest BCUT2D eigenvalue weighted by atomic mass is 9.96. The summed E-state index contributed by atoms with van der Waals surface area (Å²) in [5, 5.41) is 3.63. The highest BCUT2D eigenvalue weighted by atomic mass is 19.3. The molecular weight excluding hydrogens is 410 g/mol. The molecule has 0 bridgehead atoms. The average Bonchev–Trinajstić information content (AvgIpc) is 3.41. The van der Waals surface area contributed by atoms with Gasteiger partial charge < -0.3 is 19.1 Å². The van der Waals surface area contributed by atoms with Gasteiger partial charge in [0.1, 0.15) is 5.60 Å². The van der Waals surface area contributed by atoms with Crippen molar-refractivity contribution in [3.05, 3.63) is 34.2 Å². The van der Waals surface area contributed by atoms with Crippen LogP contribution < -0.4 is 9.47 Å². The molecule has 31 heavy (non-hydrogen) atoms. The Morgan fingerprint density at radius 1 is 1.32 bits per heavy atom. The molecule has 1 aromatic rings. The van der Waals surface area contributed by atoms with E-state index in [9.17, 15) is 13.6 Å². The van der Waals surface area contributed by atoms with E-state index in [-0.39, 0.29) is 30.0 Å². The van der Waals surface area contributed by atoms with Crippen LogP contribution in [0.3, 0.4) is 0 Å². The molecule has 8 nitrogen and oxygen atoms in total. The Morgan fingerprint density at radius 2 is 2.06 bits per heavy atom. The van der Waals surface area contributed by atoms with Gasteiger partial charge in [-0.2, -0.15) is 8.78 Å². The Morgan fingerprint density at radius 3 is 2.68 bits per heavy atom. The van der Waals surface area contributed by atoms with E-state index in [1.165, 1.54) is 6.07 Å². The van der Waals surface area contributed by atoms with Gasteiger partial charge in [-0.3, -0.25) is 0 Å². The molecule has 1 aliphatic carbocycles. The van der Waals surface area contributed by atoms with Gasteiger partial charge >= 0.3 is 12.7 Å². The standard InChI is InChI=1S/C21H28F2N4O4/c1-21(2,3)31-20(28)27-11-15(8-16(27)10-25-26-24)14-6-7-17(30-19(22)23)18(9-14)29-12-13-4-5-13/h6-7,9,13,15-16,19H,4-5,8,10-12H2,1-3H3/t15-,16+/m0/s1. The third kappa shape index (κ3) is 6.62. The van der Waals surface area contributed by atoms with Crippen molar-refractivity contribution in [3.8, 4) is 11.5 Å². The molecule has 2 aliphatic rings. The number of carbonyl (C=O) groups is 1. The van der Waals surface area contributed by atoms with E-state index in [0.29, 0.717) is 25.5 Å². The molecule has 170 valence electrons. The van der Waals surface area contributed by atoms with Crippen LogP contribution in [0, 0.1) is 5.92 Å². The minimum atomic E-state index is -2.95. The zero-order chi connectivity index (χ0) is 22.6. The highest BCUT2D eigenvalue weighted by molar-refractivity contribution is 5.69. The maximum absolute atomic E-state index is 12.8. The summed E-state index contributed by atoms with van der Waals surface area (Å²) in [5.41, 5.74) is 8.88. The first-order valence-corrected chi connectivity index (χ1v) is 10.4. The maximum atomic E-state index is 12.8. The maximum Gasteiger partial charge on any atom is 0.410 e. The third-order valence-electron chi connectivity index (χ3n) is 5.22. The summed E-state index contributed by atoms with van der Waals surface area (Å²) in [6.07, 6.45) is 2.21. The van der Waals surface area contributed by atoms with Crippen LogP contribution in [0.25, 0.3) is 10.4 Å². The first-order valence-electron chi connectivity index (χ1n) is 10.4. The number of amides is 1. The number of halogens is 2. The van der Waals surface area contributed by atoms with Crippen LogP contribution in [0.2, 0.25) is 0 Å². The lowest BCUT2D eigenvalue weighted by Gasteiger charge is -2.28.